The molecule has 0 aromatic heterocycles. The van der Waals surface area contributed by atoms with Crippen LogP contribution in [0.3, 0.4) is 0 Å². The quantitative estimate of drug-likeness (QED) is 0.807. The molecule has 2 amide bonds. The van der Waals surface area contributed by atoms with Gasteiger partial charge in [-0.2, -0.15) is 0 Å². The van der Waals surface area contributed by atoms with Crippen molar-refractivity contribution < 1.29 is 19.1 Å². The van der Waals surface area contributed by atoms with Crippen molar-refractivity contribution in [3.63, 3.8) is 0 Å². The summed E-state index contributed by atoms with van der Waals surface area (Å²) in [4.78, 5) is 28.1. The van der Waals surface area contributed by atoms with E-state index in [1.165, 1.54) is 0 Å². The van der Waals surface area contributed by atoms with E-state index in [4.69, 9.17) is 9.47 Å². The van der Waals surface area contributed by atoms with E-state index in [9.17, 15) is 9.59 Å². The van der Waals surface area contributed by atoms with Crippen molar-refractivity contribution in [2.45, 2.75) is 70.7 Å². The zero-order chi connectivity index (χ0) is 21.6. The lowest BCUT2D eigenvalue weighted by Gasteiger charge is -2.37. The van der Waals surface area contributed by atoms with E-state index < -0.39 is 5.60 Å². The fourth-order valence-corrected chi connectivity index (χ4v) is 3.93. The largest absolute Gasteiger partial charge is 0.445 e. The number of hydrogen-bond acceptors (Lipinski definition) is 5. The van der Waals surface area contributed by atoms with E-state index in [2.05, 4.69) is 5.32 Å². The summed E-state index contributed by atoms with van der Waals surface area (Å²) in [7, 11) is 0. The molecule has 0 aliphatic carbocycles. The first-order valence-corrected chi connectivity index (χ1v) is 11.0. The minimum absolute atomic E-state index is 0.219. The molecule has 0 spiro atoms. The van der Waals surface area contributed by atoms with Gasteiger partial charge in [0.15, 0.2) is 0 Å². The highest BCUT2D eigenvalue weighted by atomic mass is 16.6. The van der Waals surface area contributed by atoms with Gasteiger partial charge in [0.25, 0.3) is 0 Å². The predicted molar refractivity (Wildman–Crippen MR) is 115 cm³/mol. The van der Waals surface area contributed by atoms with Gasteiger partial charge in [-0.25, -0.2) is 9.59 Å². The van der Waals surface area contributed by atoms with E-state index >= 15 is 0 Å². The molecule has 2 aliphatic heterocycles. The summed E-state index contributed by atoms with van der Waals surface area (Å²) in [5.74, 6) is 0. The molecule has 0 saturated carbocycles. The van der Waals surface area contributed by atoms with Crippen LogP contribution in [-0.4, -0.2) is 65.9 Å². The maximum atomic E-state index is 12.3. The lowest BCUT2D eigenvalue weighted by Crippen LogP contribution is -2.51. The average Bonchev–Trinajstić information content (AvgIpc) is 2.72. The van der Waals surface area contributed by atoms with E-state index in [0.29, 0.717) is 31.8 Å². The standard InChI is InChI=1S/C23H35N3O4/c1-23(2,3)30-22(28)26-15-11-20(12-16-26)24-19-9-13-25(14-10-19)21(27)29-17-18-7-5-4-6-8-18/h4-8,19-20,24H,9-17H2,1-3H3. The van der Waals surface area contributed by atoms with Crippen LogP contribution < -0.4 is 5.32 Å². The molecular formula is C23H35N3O4. The molecule has 30 heavy (non-hydrogen) atoms. The summed E-state index contributed by atoms with van der Waals surface area (Å²) in [6.07, 6.45) is 3.25. The van der Waals surface area contributed by atoms with Crippen LogP contribution in [-0.2, 0) is 16.1 Å². The molecule has 1 N–H and O–H groups in total. The molecule has 7 nitrogen and oxygen atoms in total. The van der Waals surface area contributed by atoms with Gasteiger partial charge in [-0.1, -0.05) is 30.3 Å². The third-order valence-corrected chi connectivity index (χ3v) is 5.58. The second-order valence-corrected chi connectivity index (χ2v) is 9.21. The van der Waals surface area contributed by atoms with Crippen LogP contribution in [0.15, 0.2) is 30.3 Å². The minimum atomic E-state index is -0.456. The molecule has 2 fully saturated rings. The Morgan fingerprint density at radius 2 is 1.40 bits per heavy atom. The first-order chi connectivity index (χ1) is 14.3. The Hall–Kier alpha value is -2.28. The highest BCUT2D eigenvalue weighted by molar-refractivity contribution is 5.68. The van der Waals surface area contributed by atoms with Gasteiger partial charge < -0.3 is 24.6 Å². The SMILES string of the molecule is CC(C)(C)OC(=O)N1CCC(NC2CCN(C(=O)OCc3ccccc3)CC2)CC1. The maximum Gasteiger partial charge on any atom is 0.410 e. The average molecular weight is 418 g/mol. The number of nitrogens with one attached hydrogen (secondary N) is 1. The number of nitrogens with zero attached hydrogens (tertiary/aromatic N) is 2. The molecule has 2 heterocycles. The van der Waals surface area contributed by atoms with Crippen LogP contribution in [0, 0.1) is 0 Å². The predicted octanol–water partition coefficient (Wildman–Crippen LogP) is 3.78. The lowest BCUT2D eigenvalue weighted by atomic mass is 10.00. The van der Waals surface area contributed by atoms with Crippen molar-refractivity contribution in [3.8, 4) is 0 Å². The molecule has 0 atom stereocenters. The summed E-state index contributed by atoms with van der Waals surface area (Å²) in [5, 5.41) is 3.73. The summed E-state index contributed by atoms with van der Waals surface area (Å²) < 4.78 is 10.9. The molecular weight excluding hydrogens is 382 g/mol. The van der Waals surface area contributed by atoms with E-state index in [0.717, 1.165) is 44.3 Å². The Morgan fingerprint density at radius 1 is 0.900 bits per heavy atom. The van der Waals surface area contributed by atoms with Gasteiger partial charge in [0.05, 0.1) is 0 Å². The van der Waals surface area contributed by atoms with Crippen LogP contribution in [0.25, 0.3) is 0 Å². The topological polar surface area (TPSA) is 71.1 Å². The van der Waals surface area contributed by atoms with E-state index in [-0.39, 0.29) is 12.2 Å². The highest BCUT2D eigenvalue weighted by Crippen LogP contribution is 2.18. The number of hydrogen-bond donors (Lipinski definition) is 1. The number of rotatable bonds is 4. The van der Waals surface area contributed by atoms with Gasteiger partial charge in [-0.05, 0) is 52.0 Å². The lowest BCUT2D eigenvalue weighted by molar-refractivity contribution is 0.0193. The number of piperidine rings is 2. The fourth-order valence-electron chi connectivity index (χ4n) is 3.93. The smallest absolute Gasteiger partial charge is 0.410 e. The molecule has 2 saturated heterocycles. The molecule has 1 aromatic rings. The van der Waals surface area contributed by atoms with Crippen molar-refractivity contribution in [2.24, 2.45) is 0 Å². The number of benzene rings is 1. The van der Waals surface area contributed by atoms with Gasteiger partial charge in [0.1, 0.15) is 12.2 Å². The monoisotopic (exact) mass is 417 g/mol. The van der Waals surface area contributed by atoms with Gasteiger partial charge in [-0.15, -0.1) is 0 Å². The number of amides is 2. The summed E-state index contributed by atoms with van der Waals surface area (Å²) in [5.41, 5.74) is 0.544. The molecule has 0 bridgehead atoms. The van der Waals surface area contributed by atoms with Gasteiger partial charge in [0, 0.05) is 38.3 Å². The van der Waals surface area contributed by atoms with Crippen molar-refractivity contribution in [3.05, 3.63) is 35.9 Å². The molecule has 0 unspecified atom stereocenters. The van der Waals surface area contributed by atoms with Crippen LogP contribution >= 0.6 is 0 Å². The van der Waals surface area contributed by atoms with Gasteiger partial charge in [-0.3, -0.25) is 0 Å². The Kier molecular flexibility index (Phi) is 7.58. The number of ether oxygens (including phenoxy) is 2. The highest BCUT2D eigenvalue weighted by Gasteiger charge is 2.29. The minimum Gasteiger partial charge on any atom is -0.445 e. The normalized spacial score (nSPS) is 18.9. The molecule has 166 valence electrons. The van der Waals surface area contributed by atoms with Crippen LogP contribution in [0.4, 0.5) is 9.59 Å². The van der Waals surface area contributed by atoms with Crippen molar-refractivity contribution in [1.82, 2.24) is 15.1 Å². The zero-order valence-electron chi connectivity index (χ0n) is 18.4. The number of likely N-dealkylation sites (tertiary alicyclic amines) is 2. The fraction of sp³-hybridized carbons (Fsp3) is 0.652. The molecule has 0 radical (unpaired) electrons. The molecule has 2 aliphatic rings. The first-order valence-electron chi connectivity index (χ1n) is 11.0. The second-order valence-electron chi connectivity index (χ2n) is 9.21. The second kappa shape index (κ2) is 10.2. The zero-order valence-corrected chi connectivity index (χ0v) is 18.4. The van der Waals surface area contributed by atoms with E-state index in [1.807, 2.05) is 51.1 Å². The third-order valence-electron chi connectivity index (χ3n) is 5.58. The Balaban J connectivity index is 1.33. The van der Waals surface area contributed by atoms with Crippen LogP contribution in [0.1, 0.15) is 52.0 Å². The summed E-state index contributed by atoms with van der Waals surface area (Å²) in [6.45, 7) is 8.85. The van der Waals surface area contributed by atoms with Crippen LogP contribution in [0.2, 0.25) is 0 Å². The number of carbonyl (C=O) groups excluding carboxylic acids is 2. The molecule has 3 rings (SSSR count). The van der Waals surface area contributed by atoms with E-state index in [1.54, 1.807) is 9.80 Å². The molecule has 1 aromatic carbocycles. The maximum absolute atomic E-state index is 12.3. The van der Waals surface area contributed by atoms with Crippen molar-refractivity contribution in [2.75, 3.05) is 26.2 Å². The van der Waals surface area contributed by atoms with Gasteiger partial charge >= 0.3 is 12.2 Å². The first kappa shape index (κ1) is 22.4. The van der Waals surface area contributed by atoms with Crippen molar-refractivity contribution in [1.29, 1.82) is 0 Å². The Labute approximate surface area is 179 Å². The number of carbonyl (C=O) groups is 2. The molecule has 7 heteroatoms. The summed E-state index contributed by atoms with van der Waals surface area (Å²) >= 11 is 0. The van der Waals surface area contributed by atoms with Crippen molar-refractivity contribution >= 4 is 12.2 Å². The van der Waals surface area contributed by atoms with Crippen LogP contribution in [0.5, 0.6) is 0 Å². The Bertz CT molecular complexity index is 688. The third kappa shape index (κ3) is 6.90. The Morgan fingerprint density at radius 3 is 1.90 bits per heavy atom. The summed E-state index contributed by atoms with van der Waals surface area (Å²) in [6, 6.07) is 10.6. The van der Waals surface area contributed by atoms with Gasteiger partial charge in [0.2, 0.25) is 0 Å².